The quantitative estimate of drug-likeness (QED) is 0.588. The van der Waals surface area contributed by atoms with Crippen LogP contribution in [0.4, 0.5) is 5.69 Å². The Labute approximate surface area is 203 Å². The highest BCUT2D eigenvalue weighted by Crippen LogP contribution is 2.20. The Balaban J connectivity index is 2.43. The molecule has 0 saturated carbocycles. The van der Waals surface area contributed by atoms with E-state index in [1.54, 1.807) is 37.3 Å². The summed E-state index contributed by atoms with van der Waals surface area (Å²) < 4.78 is 28.3. The molecule has 2 amide bonds. The minimum absolute atomic E-state index is 0.169. The normalized spacial score (nSPS) is 12.8. The molecule has 8 nitrogen and oxygen atoms in total. The van der Waals surface area contributed by atoms with Gasteiger partial charge in [0, 0.05) is 26.2 Å². The number of nitrogens with zero attached hydrogens (tertiary/aromatic N) is 3. The van der Waals surface area contributed by atoms with Gasteiger partial charge in [0.2, 0.25) is 11.8 Å². The number of para-hydroxylation sites is 1. The lowest BCUT2D eigenvalue weighted by Gasteiger charge is -2.34. The number of anilines is 1. The molecule has 0 bridgehead atoms. The van der Waals surface area contributed by atoms with E-state index in [9.17, 15) is 18.0 Å². The zero-order chi connectivity index (χ0) is 25.7. The fourth-order valence-electron chi connectivity index (χ4n) is 3.26. The third-order valence-electron chi connectivity index (χ3n) is 5.20. The highest BCUT2D eigenvalue weighted by molar-refractivity contribution is 7.90. The van der Waals surface area contributed by atoms with Crippen LogP contribution in [0.25, 0.3) is 0 Å². The number of nitrogens with one attached hydrogen (secondary N) is 1. The summed E-state index contributed by atoms with van der Waals surface area (Å²) in [7, 11) is -1.12. The molecule has 34 heavy (non-hydrogen) atoms. The first-order valence-corrected chi connectivity index (χ1v) is 12.5. The molecule has 9 heteroatoms. The van der Waals surface area contributed by atoms with E-state index in [1.807, 2.05) is 52.0 Å². The van der Waals surface area contributed by atoms with Gasteiger partial charge in [0.15, 0.2) is 0 Å². The van der Waals surface area contributed by atoms with Gasteiger partial charge in [-0.05, 0) is 52.3 Å². The monoisotopic (exact) mass is 488 g/mol. The Kier molecular flexibility index (Phi) is 8.85. The molecule has 0 spiro atoms. The summed E-state index contributed by atoms with van der Waals surface area (Å²) in [6.45, 7) is 8.95. The van der Waals surface area contributed by atoms with Crippen LogP contribution in [-0.4, -0.2) is 61.7 Å². The molecule has 0 heterocycles. The number of carbonyl (C=O) groups is 2. The molecular formula is C25H36N4O4S. The summed E-state index contributed by atoms with van der Waals surface area (Å²) in [4.78, 5) is 28.0. The predicted molar refractivity (Wildman–Crippen MR) is 135 cm³/mol. The van der Waals surface area contributed by atoms with Gasteiger partial charge in [0.1, 0.15) is 12.6 Å². The average molecular weight is 489 g/mol. The minimum atomic E-state index is -3.96. The van der Waals surface area contributed by atoms with Crippen LogP contribution in [0.2, 0.25) is 0 Å². The second-order valence-electron chi connectivity index (χ2n) is 9.55. The smallest absolute Gasteiger partial charge is 0.304 e. The molecule has 0 radical (unpaired) electrons. The predicted octanol–water partition coefficient (Wildman–Crippen LogP) is 2.94. The molecule has 0 aliphatic carbocycles. The van der Waals surface area contributed by atoms with E-state index in [2.05, 4.69) is 5.32 Å². The Morgan fingerprint density at radius 2 is 1.53 bits per heavy atom. The highest BCUT2D eigenvalue weighted by atomic mass is 32.2. The SMILES string of the molecule is Cc1ccc(CN(C(=O)CN(c2ccccc2)S(=O)(=O)N(C)C)[C@@H](C)C(=O)NC(C)(C)C)cc1. The summed E-state index contributed by atoms with van der Waals surface area (Å²) >= 11 is 0. The van der Waals surface area contributed by atoms with Crippen LogP contribution in [0.15, 0.2) is 54.6 Å². The maximum Gasteiger partial charge on any atom is 0.304 e. The van der Waals surface area contributed by atoms with Crippen molar-refractivity contribution in [1.82, 2.24) is 14.5 Å². The molecular weight excluding hydrogens is 452 g/mol. The van der Waals surface area contributed by atoms with Crippen molar-refractivity contribution in [2.24, 2.45) is 0 Å². The first kappa shape index (κ1) is 27.3. The Morgan fingerprint density at radius 3 is 2.03 bits per heavy atom. The van der Waals surface area contributed by atoms with Gasteiger partial charge < -0.3 is 10.2 Å². The number of hydrogen-bond donors (Lipinski definition) is 1. The van der Waals surface area contributed by atoms with Gasteiger partial charge in [0.25, 0.3) is 0 Å². The molecule has 186 valence electrons. The highest BCUT2D eigenvalue weighted by Gasteiger charge is 2.33. The lowest BCUT2D eigenvalue weighted by Crippen LogP contribution is -2.54. The van der Waals surface area contributed by atoms with Crippen LogP contribution in [0.5, 0.6) is 0 Å². The summed E-state index contributed by atoms with van der Waals surface area (Å²) in [5, 5.41) is 2.91. The maximum absolute atomic E-state index is 13.6. The average Bonchev–Trinajstić information content (AvgIpc) is 2.75. The molecule has 1 N–H and O–H groups in total. The van der Waals surface area contributed by atoms with Crippen LogP contribution in [-0.2, 0) is 26.3 Å². The standard InChI is InChI=1S/C25H36N4O4S/c1-19-13-15-21(16-14-19)17-28(20(2)24(31)26-25(3,4)5)23(30)18-29(34(32,33)27(6)7)22-11-9-8-10-12-22/h8-16,20H,17-18H2,1-7H3,(H,26,31)/t20-/m0/s1. The first-order valence-electron chi connectivity index (χ1n) is 11.1. The van der Waals surface area contributed by atoms with Crippen LogP contribution in [0, 0.1) is 6.92 Å². The number of benzene rings is 2. The van der Waals surface area contributed by atoms with E-state index in [4.69, 9.17) is 0 Å². The van der Waals surface area contributed by atoms with E-state index >= 15 is 0 Å². The summed E-state index contributed by atoms with van der Waals surface area (Å²) in [6, 6.07) is 15.3. The van der Waals surface area contributed by atoms with Crippen molar-refractivity contribution in [3.8, 4) is 0 Å². The topological polar surface area (TPSA) is 90.0 Å². The van der Waals surface area contributed by atoms with Crippen molar-refractivity contribution in [3.63, 3.8) is 0 Å². The molecule has 2 rings (SSSR count). The van der Waals surface area contributed by atoms with Crippen molar-refractivity contribution in [1.29, 1.82) is 0 Å². The van der Waals surface area contributed by atoms with Crippen LogP contribution in [0.3, 0.4) is 0 Å². The van der Waals surface area contributed by atoms with E-state index in [1.165, 1.54) is 19.0 Å². The summed E-state index contributed by atoms with van der Waals surface area (Å²) in [6.07, 6.45) is 0. The number of rotatable bonds is 9. The molecule has 0 unspecified atom stereocenters. The zero-order valence-corrected chi connectivity index (χ0v) is 21.9. The first-order chi connectivity index (χ1) is 15.7. The second-order valence-corrected chi connectivity index (χ2v) is 11.6. The number of carbonyl (C=O) groups excluding carboxylic acids is 2. The lowest BCUT2D eigenvalue weighted by molar-refractivity contribution is -0.140. The molecule has 2 aromatic rings. The van der Waals surface area contributed by atoms with Gasteiger partial charge >= 0.3 is 10.2 Å². The number of hydrogen-bond acceptors (Lipinski definition) is 4. The van der Waals surface area contributed by atoms with Gasteiger partial charge in [-0.2, -0.15) is 12.7 Å². The number of amides is 2. The van der Waals surface area contributed by atoms with Crippen LogP contribution < -0.4 is 9.62 Å². The minimum Gasteiger partial charge on any atom is -0.350 e. The maximum atomic E-state index is 13.6. The van der Waals surface area contributed by atoms with E-state index < -0.39 is 34.2 Å². The van der Waals surface area contributed by atoms with Gasteiger partial charge in [-0.3, -0.25) is 9.59 Å². The third kappa shape index (κ3) is 7.30. The van der Waals surface area contributed by atoms with Crippen molar-refractivity contribution in [2.45, 2.75) is 52.7 Å². The van der Waals surface area contributed by atoms with Gasteiger partial charge in [-0.1, -0.05) is 48.0 Å². The fourth-order valence-corrected chi connectivity index (χ4v) is 4.31. The summed E-state index contributed by atoms with van der Waals surface area (Å²) in [5.74, 6) is -0.791. The Bertz CT molecular complexity index is 1080. The van der Waals surface area contributed by atoms with Crippen molar-refractivity contribution >= 4 is 27.7 Å². The molecule has 1 atom stereocenters. The second kappa shape index (κ2) is 11.0. The third-order valence-corrected chi connectivity index (χ3v) is 7.02. The van der Waals surface area contributed by atoms with Crippen molar-refractivity contribution < 1.29 is 18.0 Å². The summed E-state index contributed by atoms with van der Waals surface area (Å²) in [5.41, 5.74) is 1.81. The molecule has 0 fully saturated rings. The lowest BCUT2D eigenvalue weighted by atomic mass is 10.1. The van der Waals surface area contributed by atoms with Crippen molar-refractivity contribution in [3.05, 3.63) is 65.7 Å². The Morgan fingerprint density at radius 1 is 0.971 bits per heavy atom. The molecule has 0 aliphatic heterocycles. The zero-order valence-electron chi connectivity index (χ0n) is 21.1. The molecule has 0 aliphatic rings. The molecule has 2 aromatic carbocycles. The van der Waals surface area contributed by atoms with Crippen LogP contribution >= 0.6 is 0 Å². The molecule has 0 aromatic heterocycles. The van der Waals surface area contributed by atoms with Gasteiger partial charge in [0.05, 0.1) is 5.69 Å². The largest absolute Gasteiger partial charge is 0.350 e. The van der Waals surface area contributed by atoms with Crippen molar-refractivity contribution in [2.75, 3.05) is 24.9 Å². The van der Waals surface area contributed by atoms with E-state index in [0.29, 0.717) is 5.69 Å². The van der Waals surface area contributed by atoms with E-state index in [-0.39, 0.29) is 12.5 Å². The van der Waals surface area contributed by atoms with E-state index in [0.717, 1.165) is 19.7 Å². The molecule has 0 saturated heterocycles. The Hall–Kier alpha value is -2.91. The van der Waals surface area contributed by atoms with Gasteiger partial charge in [-0.25, -0.2) is 4.31 Å². The van der Waals surface area contributed by atoms with Crippen LogP contribution in [0.1, 0.15) is 38.8 Å². The fraction of sp³-hybridized carbons (Fsp3) is 0.440. The number of aryl methyl sites for hydroxylation is 1. The van der Waals surface area contributed by atoms with Gasteiger partial charge in [-0.15, -0.1) is 0 Å².